The van der Waals surface area contributed by atoms with Crippen molar-refractivity contribution >= 4 is 46.2 Å². The lowest BCUT2D eigenvalue weighted by atomic mass is 10.2. The van der Waals surface area contributed by atoms with Crippen LogP contribution < -0.4 is 10.6 Å². The number of hydrogen-bond donors (Lipinski definition) is 3. The number of benzene rings is 1. The Morgan fingerprint density at radius 2 is 2.10 bits per heavy atom. The van der Waals surface area contributed by atoms with Gasteiger partial charge >= 0.3 is 12.0 Å². The summed E-state index contributed by atoms with van der Waals surface area (Å²) in [6.45, 7) is 0. The molecule has 0 aliphatic heterocycles. The van der Waals surface area contributed by atoms with E-state index in [4.69, 9.17) is 5.11 Å². The molecule has 2 amide bonds. The maximum absolute atomic E-state index is 11.7. The Kier molecular flexibility index (Phi) is 4.12. The number of anilines is 2. The van der Waals surface area contributed by atoms with Crippen molar-refractivity contribution in [1.82, 2.24) is 20.2 Å². The summed E-state index contributed by atoms with van der Waals surface area (Å²) >= 11 is 1.99. The third-order valence-corrected chi connectivity index (χ3v) is 2.86. The predicted octanol–water partition coefficient (Wildman–Crippen LogP) is 1.16. The smallest absolute Gasteiger partial charge is 0.337 e. The molecule has 0 radical (unpaired) electrons. The van der Waals surface area contributed by atoms with Gasteiger partial charge in [-0.3, -0.25) is 5.32 Å². The molecule has 3 N–H and O–H groups in total. The molecule has 0 aliphatic rings. The zero-order valence-corrected chi connectivity index (χ0v) is 12.3. The van der Waals surface area contributed by atoms with E-state index in [0.29, 0.717) is 0 Å². The molecule has 104 valence electrons. The standard InChI is InChI=1S/C10H9IN6O3/c1-17-15-9(14-16-17)13-10(20)12-7-3-2-5(11)4-6(7)8(18)19/h2-4H,1H3,(H,18,19)(H2,12,13,15,20). The van der Waals surface area contributed by atoms with Crippen LogP contribution in [-0.4, -0.2) is 37.3 Å². The predicted molar refractivity (Wildman–Crippen MR) is 77.6 cm³/mol. The van der Waals surface area contributed by atoms with Gasteiger partial charge < -0.3 is 10.4 Å². The van der Waals surface area contributed by atoms with Crippen molar-refractivity contribution < 1.29 is 14.7 Å². The molecule has 0 unspecified atom stereocenters. The molecule has 0 aliphatic carbocycles. The fraction of sp³-hybridized carbons (Fsp3) is 0.100. The highest BCUT2D eigenvalue weighted by Gasteiger charge is 2.14. The van der Waals surface area contributed by atoms with Gasteiger partial charge in [-0.15, -0.1) is 5.10 Å². The first-order chi connectivity index (χ1) is 9.45. The molecule has 0 spiro atoms. The molecule has 0 saturated carbocycles. The molecule has 1 aromatic carbocycles. The largest absolute Gasteiger partial charge is 0.478 e. The number of hydrogen-bond acceptors (Lipinski definition) is 5. The van der Waals surface area contributed by atoms with Gasteiger partial charge in [-0.05, 0) is 46.0 Å². The molecule has 9 nitrogen and oxygen atoms in total. The third kappa shape index (κ3) is 3.40. The second-order valence-electron chi connectivity index (χ2n) is 3.68. The van der Waals surface area contributed by atoms with Gasteiger partial charge in [0.2, 0.25) is 0 Å². The Hall–Kier alpha value is -2.24. The van der Waals surface area contributed by atoms with E-state index in [2.05, 4.69) is 26.0 Å². The average Bonchev–Trinajstić information content (AvgIpc) is 2.76. The number of halogens is 1. The number of urea groups is 1. The molecule has 0 atom stereocenters. The molecule has 1 heterocycles. The summed E-state index contributed by atoms with van der Waals surface area (Å²) in [5.74, 6) is -1.11. The zero-order chi connectivity index (χ0) is 14.7. The Bertz CT molecular complexity index is 671. The molecule has 1 aromatic heterocycles. The number of tetrazole rings is 1. The Morgan fingerprint density at radius 1 is 1.35 bits per heavy atom. The summed E-state index contributed by atoms with van der Waals surface area (Å²) in [4.78, 5) is 24.0. The van der Waals surface area contributed by atoms with E-state index in [0.717, 1.165) is 3.57 Å². The summed E-state index contributed by atoms with van der Waals surface area (Å²) in [5, 5.41) is 24.8. The monoisotopic (exact) mass is 388 g/mol. The van der Waals surface area contributed by atoms with Crippen molar-refractivity contribution in [2.45, 2.75) is 0 Å². The topological polar surface area (TPSA) is 122 Å². The Balaban J connectivity index is 2.13. The van der Waals surface area contributed by atoms with E-state index in [9.17, 15) is 9.59 Å². The van der Waals surface area contributed by atoms with Crippen molar-refractivity contribution in [2.24, 2.45) is 7.05 Å². The SMILES string of the molecule is Cn1nnc(NC(=O)Nc2ccc(I)cc2C(=O)O)n1. The fourth-order valence-corrected chi connectivity index (χ4v) is 1.88. The molecule has 0 fully saturated rings. The maximum atomic E-state index is 11.7. The first kappa shape index (κ1) is 14.2. The van der Waals surface area contributed by atoms with Gasteiger partial charge in [0, 0.05) is 3.57 Å². The highest BCUT2D eigenvalue weighted by molar-refractivity contribution is 14.1. The first-order valence-corrected chi connectivity index (χ1v) is 6.38. The third-order valence-electron chi connectivity index (χ3n) is 2.19. The fourth-order valence-electron chi connectivity index (χ4n) is 1.39. The molecule has 10 heteroatoms. The van der Waals surface area contributed by atoms with Crippen molar-refractivity contribution in [3.8, 4) is 0 Å². The van der Waals surface area contributed by atoms with Crippen LogP contribution in [-0.2, 0) is 7.05 Å². The van der Waals surface area contributed by atoms with Crippen molar-refractivity contribution in [1.29, 1.82) is 0 Å². The summed E-state index contributed by atoms with van der Waals surface area (Å²) in [6, 6.07) is 4.00. The van der Waals surface area contributed by atoms with Gasteiger partial charge in [0.15, 0.2) is 0 Å². The van der Waals surface area contributed by atoms with Crippen LogP contribution in [0.15, 0.2) is 18.2 Å². The summed E-state index contributed by atoms with van der Waals surface area (Å²) in [5.41, 5.74) is 0.179. The van der Waals surface area contributed by atoms with Crippen LogP contribution >= 0.6 is 22.6 Å². The van der Waals surface area contributed by atoms with E-state index < -0.39 is 12.0 Å². The second-order valence-corrected chi connectivity index (χ2v) is 4.92. The summed E-state index contributed by atoms with van der Waals surface area (Å²) < 4.78 is 0.751. The quantitative estimate of drug-likeness (QED) is 0.679. The molecular weight excluding hydrogens is 379 g/mol. The number of carboxylic acid groups (broad SMARTS) is 1. The number of rotatable bonds is 3. The number of carbonyl (C=O) groups is 2. The van der Waals surface area contributed by atoms with Gasteiger partial charge in [0.25, 0.3) is 5.95 Å². The number of amides is 2. The van der Waals surface area contributed by atoms with Gasteiger partial charge in [-0.25, -0.2) is 9.59 Å². The normalized spacial score (nSPS) is 10.1. The minimum atomic E-state index is -1.13. The first-order valence-electron chi connectivity index (χ1n) is 5.30. The zero-order valence-electron chi connectivity index (χ0n) is 10.2. The van der Waals surface area contributed by atoms with Crippen LogP contribution in [0.5, 0.6) is 0 Å². The molecule has 0 bridgehead atoms. The maximum Gasteiger partial charge on any atom is 0.337 e. The Labute approximate surface area is 126 Å². The lowest BCUT2D eigenvalue weighted by Gasteiger charge is -2.08. The lowest BCUT2D eigenvalue weighted by Crippen LogP contribution is -2.21. The Morgan fingerprint density at radius 3 is 2.70 bits per heavy atom. The van der Waals surface area contributed by atoms with E-state index >= 15 is 0 Å². The van der Waals surface area contributed by atoms with Crippen LogP contribution in [0.4, 0.5) is 16.4 Å². The number of aromatic carboxylic acids is 1. The van der Waals surface area contributed by atoms with E-state index in [-0.39, 0.29) is 17.2 Å². The second kappa shape index (κ2) is 5.81. The number of nitrogens with zero attached hydrogens (tertiary/aromatic N) is 4. The minimum Gasteiger partial charge on any atom is -0.478 e. The van der Waals surface area contributed by atoms with Crippen LogP contribution in [0.2, 0.25) is 0 Å². The van der Waals surface area contributed by atoms with Crippen molar-refractivity contribution in [3.05, 3.63) is 27.3 Å². The van der Waals surface area contributed by atoms with Crippen LogP contribution in [0.3, 0.4) is 0 Å². The van der Waals surface area contributed by atoms with Crippen molar-refractivity contribution in [3.63, 3.8) is 0 Å². The summed E-state index contributed by atoms with van der Waals surface area (Å²) in [6.07, 6.45) is 0. The van der Waals surface area contributed by atoms with Crippen LogP contribution in [0.25, 0.3) is 0 Å². The average molecular weight is 388 g/mol. The summed E-state index contributed by atoms with van der Waals surface area (Å²) in [7, 11) is 1.55. The molecular formula is C10H9IN6O3. The number of aromatic nitrogens is 4. The van der Waals surface area contributed by atoms with E-state index in [1.165, 1.54) is 16.9 Å². The van der Waals surface area contributed by atoms with Crippen LogP contribution in [0.1, 0.15) is 10.4 Å². The number of aryl methyl sites for hydroxylation is 1. The van der Waals surface area contributed by atoms with E-state index in [1.54, 1.807) is 13.1 Å². The van der Waals surface area contributed by atoms with Gasteiger partial charge in [-0.2, -0.15) is 4.80 Å². The molecule has 2 rings (SSSR count). The highest BCUT2D eigenvalue weighted by Crippen LogP contribution is 2.19. The minimum absolute atomic E-state index is 0.000782. The molecule has 2 aromatic rings. The highest BCUT2D eigenvalue weighted by atomic mass is 127. The lowest BCUT2D eigenvalue weighted by molar-refractivity contribution is 0.0698. The van der Waals surface area contributed by atoms with Crippen LogP contribution in [0, 0.1) is 3.57 Å². The van der Waals surface area contributed by atoms with Crippen molar-refractivity contribution in [2.75, 3.05) is 10.6 Å². The van der Waals surface area contributed by atoms with Gasteiger partial charge in [0.05, 0.1) is 18.3 Å². The molecule has 20 heavy (non-hydrogen) atoms. The van der Waals surface area contributed by atoms with E-state index in [1.807, 2.05) is 22.6 Å². The molecule has 0 saturated heterocycles. The number of carboxylic acids is 1. The number of nitrogens with one attached hydrogen (secondary N) is 2. The van der Waals surface area contributed by atoms with Gasteiger partial charge in [0.1, 0.15) is 0 Å². The van der Waals surface area contributed by atoms with Gasteiger partial charge in [-0.1, -0.05) is 5.10 Å². The number of carbonyl (C=O) groups excluding carboxylic acids is 1.